The van der Waals surface area contributed by atoms with Crippen LogP contribution >= 0.6 is 0 Å². The second-order valence-corrected chi connectivity index (χ2v) is 9.34. The zero-order chi connectivity index (χ0) is 20.2. The van der Waals surface area contributed by atoms with E-state index in [1.807, 2.05) is 0 Å². The molecule has 3 heterocycles. The summed E-state index contributed by atoms with van der Waals surface area (Å²) < 4.78 is 5.33. The largest absolute Gasteiger partial charge is 0.383 e. The average Bonchev–Trinajstić information content (AvgIpc) is 2.74. The first-order valence-electron chi connectivity index (χ1n) is 11.4. The topological polar surface area (TPSA) is 44.8 Å². The fraction of sp³-hybridized carbons (Fsp3) is 0.708. The van der Waals surface area contributed by atoms with E-state index in [0.717, 1.165) is 37.7 Å². The van der Waals surface area contributed by atoms with E-state index in [0.29, 0.717) is 24.4 Å². The standard InChI is InChI=1S/C24H37N3O2/c1-18-6-8-19(9-7-18)13-24(28)25-15-23-21-14-20(16-26(17-21)11-12-29-2)22-5-3-4-10-27(22)23/h6-9,20-23H,3-5,10-17H2,1-2H3,(H,25,28)/t20-,21-,22-,23-/m0/s1. The number of rotatable bonds is 7. The van der Waals surface area contributed by atoms with Crippen LogP contribution in [0.2, 0.25) is 0 Å². The van der Waals surface area contributed by atoms with Gasteiger partial charge in [0.15, 0.2) is 0 Å². The number of piperidine rings is 3. The molecule has 160 valence electrons. The van der Waals surface area contributed by atoms with E-state index >= 15 is 0 Å². The third kappa shape index (κ3) is 5.01. The van der Waals surface area contributed by atoms with Crippen molar-refractivity contribution in [1.82, 2.24) is 15.1 Å². The second kappa shape index (κ2) is 9.59. The van der Waals surface area contributed by atoms with Crippen LogP contribution in [0, 0.1) is 18.8 Å². The maximum Gasteiger partial charge on any atom is 0.224 e. The molecule has 1 aromatic carbocycles. The van der Waals surface area contributed by atoms with Gasteiger partial charge in [0.1, 0.15) is 0 Å². The molecule has 0 saturated carbocycles. The van der Waals surface area contributed by atoms with Crippen molar-refractivity contribution in [2.45, 2.75) is 51.1 Å². The number of carbonyl (C=O) groups excluding carboxylic acids is 1. The Labute approximate surface area is 175 Å². The van der Waals surface area contributed by atoms with E-state index in [1.54, 1.807) is 7.11 Å². The van der Waals surface area contributed by atoms with Crippen molar-refractivity contribution in [2.75, 3.05) is 46.4 Å². The maximum atomic E-state index is 12.6. The van der Waals surface area contributed by atoms with E-state index in [9.17, 15) is 4.79 Å². The summed E-state index contributed by atoms with van der Waals surface area (Å²) in [7, 11) is 1.79. The predicted octanol–water partition coefficient (Wildman–Crippen LogP) is 2.47. The lowest BCUT2D eigenvalue weighted by molar-refractivity contribution is -0.122. The number of aryl methyl sites for hydroxylation is 1. The minimum absolute atomic E-state index is 0.150. The summed E-state index contributed by atoms with van der Waals surface area (Å²) >= 11 is 0. The highest BCUT2D eigenvalue weighted by molar-refractivity contribution is 5.78. The molecule has 5 nitrogen and oxygen atoms in total. The molecule has 4 atom stereocenters. The van der Waals surface area contributed by atoms with Crippen LogP contribution in [0.3, 0.4) is 0 Å². The quantitative estimate of drug-likeness (QED) is 0.765. The Morgan fingerprint density at radius 3 is 2.76 bits per heavy atom. The molecular formula is C24H37N3O2. The third-order valence-electron chi connectivity index (χ3n) is 7.30. The number of fused-ring (bicyclic) bond motifs is 4. The summed E-state index contributed by atoms with van der Waals surface area (Å²) in [5, 5.41) is 3.29. The molecule has 0 spiro atoms. The Kier molecular flexibility index (Phi) is 6.88. The number of amides is 1. The highest BCUT2D eigenvalue weighted by Crippen LogP contribution is 2.40. The average molecular weight is 400 g/mol. The molecule has 0 aromatic heterocycles. The summed E-state index contributed by atoms with van der Waals surface area (Å²) in [6, 6.07) is 9.47. The van der Waals surface area contributed by atoms with Gasteiger partial charge in [0.05, 0.1) is 13.0 Å². The molecule has 29 heavy (non-hydrogen) atoms. The number of methoxy groups -OCH3 is 1. The molecule has 3 saturated heterocycles. The number of nitrogens with one attached hydrogen (secondary N) is 1. The maximum absolute atomic E-state index is 12.6. The van der Waals surface area contributed by atoms with Crippen LogP contribution in [0.15, 0.2) is 24.3 Å². The first-order chi connectivity index (χ1) is 14.1. The Bertz CT molecular complexity index is 677. The van der Waals surface area contributed by atoms with Crippen LogP contribution in [-0.4, -0.2) is 74.2 Å². The monoisotopic (exact) mass is 399 g/mol. The van der Waals surface area contributed by atoms with Crippen LogP contribution in [0.1, 0.15) is 36.8 Å². The summed E-state index contributed by atoms with van der Waals surface area (Å²) in [6.45, 7) is 8.27. The highest BCUT2D eigenvalue weighted by atomic mass is 16.5. The van der Waals surface area contributed by atoms with Crippen molar-refractivity contribution >= 4 is 5.91 Å². The SMILES string of the molecule is COCCN1C[C@@H]2C[C@@H](C1)[C@H](CNC(=O)Cc1ccc(C)cc1)N1CCCC[C@@H]21. The Morgan fingerprint density at radius 1 is 1.17 bits per heavy atom. The lowest BCUT2D eigenvalue weighted by atomic mass is 9.72. The smallest absolute Gasteiger partial charge is 0.224 e. The lowest BCUT2D eigenvalue weighted by Crippen LogP contribution is -2.65. The molecule has 2 bridgehead atoms. The Hall–Kier alpha value is -1.43. The summed E-state index contributed by atoms with van der Waals surface area (Å²) in [5.74, 6) is 1.58. The first kappa shape index (κ1) is 20.8. The van der Waals surface area contributed by atoms with E-state index in [1.165, 1.54) is 44.3 Å². The normalized spacial score (nSPS) is 30.0. The van der Waals surface area contributed by atoms with Crippen molar-refractivity contribution in [1.29, 1.82) is 0 Å². The van der Waals surface area contributed by atoms with Gasteiger partial charge in [0, 0.05) is 45.4 Å². The minimum atomic E-state index is 0.150. The molecule has 0 unspecified atom stereocenters. The minimum Gasteiger partial charge on any atom is -0.383 e. The third-order valence-corrected chi connectivity index (χ3v) is 7.30. The number of nitrogens with zero attached hydrogens (tertiary/aromatic N) is 2. The molecule has 1 N–H and O–H groups in total. The lowest BCUT2D eigenvalue weighted by Gasteiger charge is -2.57. The van der Waals surface area contributed by atoms with E-state index in [4.69, 9.17) is 4.74 Å². The van der Waals surface area contributed by atoms with Gasteiger partial charge in [-0.2, -0.15) is 0 Å². The van der Waals surface area contributed by atoms with Gasteiger partial charge in [0.2, 0.25) is 5.91 Å². The van der Waals surface area contributed by atoms with Crippen LogP contribution in [0.25, 0.3) is 0 Å². The first-order valence-corrected chi connectivity index (χ1v) is 11.4. The predicted molar refractivity (Wildman–Crippen MR) is 116 cm³/mol. The number of hydrogen-bond donors (Lipinski definition) is 1. The van der Waals surface area contributed by atoms with Gasteiger partial charge < -0.3 is 15.0 Å². The van der Waals surface area contributed by atoms with Crippen molar-refractivity contribution in [2.24, 2.45) is 11.8 Å². The Balaban J connectivity index is 1.38. The molecule has 1 amide bonds. The molecular weight excluding hydrogens is 362 g/mol. The number of benzene rings is 1. The molecule has 3 fully saturated rings. The summed E-state index contributed by atoms with van der Waals surface area (Å²) in [6.07, 6.45) is 5.78. The molecule has 3 aliphatic rings. The van der Waals surface area contributed by atoms with Crippen molar-refractivity contribution in [3.8, 4) is 0 Å². The molecule has 4 rings (SSSR count). The van der Waals surface area contributed by atoms with Gasteiger partial charge in [0.25, 0.3) is 0 Å². The van der Waals surface area contributed by atoms with Gasteiger partial charge in [-0.15, -0.1) is 0 Å². The van der Waals surface area contributed by atoms with Crippen molar-refractivity contribution in [3.63, 3.8) is 0 Å². The zero-order valence-corrected chi connectivity index (χ0v) is 18.1. The molecule has 0 aliphatic carbocycles. The van der Waals surface area contributed by atoms with Crippen LogP contribution in [0.4, 0.5) is 0 Å². The number of likely N-dealkylation sites (tertiary alicyclic amines) is 1. The van der Waals surface area contributed by atoms with E-state index in [-0.39, 0.29) is 5.91 Å². The van der Waals surface area contributed by atoms with Crippen molar-refractivity contribution in [3.05, 3.63) is 35.4 Å². The number of carbonyl (C=O) groups is 1. The van der Waals surface area contributed by atoms with Crippen LogP contribution < -0.4 is 5.32 Å². The van der Waals surface area contributed by atoms with Gasteiger partial charge >= 0.3 is 0 Å². The second-order valence-electron chi connectivity index (χ2n) is 9.34. The summed E-state index contributed by atoms with van der Waals surface area (Å²) in [5.41, 5.74) is 2.33. The van der Waals surface area contributed by atoms with Crippen molar-refractivity contribution < 1.29 is 9.53 Å². The van der Waals surface area contributed by atoms with Gasteiger partial charge in [-0.3, -0.25) is 9.69 Å². The summed E-state index contributed by atoms with van der Waals surface area (Å²) in [4.78, 5) is 18.0. The molecule has 5 heteroatoms. The fourth-order valence-corrected chi connectivity index (χ4v) is 5.86. The number of hydrogen-bond acceptors (Lipinski definition) is 4. The van der Waals surface area contributed by atoms with Crippen LogP contribution in [0.5, 0.6) is 0 Å². The highest BCUT2D eigenvalue weighted by Gasteiger charge is 2.46. The fourth-order valence-electron chi connectivity index (χ4n) is 5.86. The van der Waals surface area contributed by atoms with Gasteiger partial charge in [-0.05, 0) is 50.1 Å². The van der Waals surface area contributed by atoms with Crippen LogP contribution in [-0.2, 0) is 16.0 Å². The van der Waals surface area contributed by atoms with E-state index in [2.05, 4.69) is 46.3 Å². The molecule has 0 radical (unpaired) electrons. The number of ether oxygens (including phenoxy) is 1. The zero-order valence-electron chi connectivity index (χ0n) is 18.1. The van der Waals surface area contributed by atoms with E-state index < -0.39 is 0 Å². The van der Waals surface area contributed by atoms with Gasteiger partial charge in [-0.25, -0.2) is 0 Å². The molecule has 1 aromatic rings. The van der Waals surface area contributed by atoms with Gasteiger partial charge in [-0.1, -0.05) is 36.2 Å². The molecule has 3 aliphatic heterocycles. The Morgan fingerprint density at radius 2 is 1.97 bits per heavy atom.